The van der Waals surface area contributed by atoms with E-state index in [1.807, 2.05) is 5.56 Å². The van der Waals surface area contributed by atoms with Gasteiger partial charge in [-0.15, -0.1) is 0 Å². The van der Waals surface area contributed by atoms with Gasteiger partial charge in [-0.05, 0) is 73.0 Å². The van der Waals surface area contributed by atoms with Crippen LogP contribution in [-0.4, -0.2) is 0 Å². The molecular weight excluding hydrogens is 396 g/mol. The van der Waals surface area contributed by atoms with Gasteiger partial charge in [0.1, 0.15) is 0 Å². The Balaban J connectivity index is 3.48. The number of unbranched alkanes of at least 4 members (excludes halogenated alkanes) is 6. The summed E-state index contributed by atoms with van der Waals surface area (Å²) in [7, 11) is 0. The van der Waals surface area contributed by atoms with E-state index in [-0.39, 0.29) is 0 Å². The summed E-state index contributed by atoms with van der Waals surface area (Å²) in [4.78, 5) is 0. The first-order chi connectivity index (χ1) is 16.2. The lowest BCUT2D eigenvalue weighted by molar-refractivity contribution is 0.479. The average molecular weight is 457 g/mol. The highest BCUT2D eigenvalue weighted by atomic mass is 14.3. The average Bonchev–Trinajstić information content (AvgIpc) is 2.82. The van der Waals surface area contributed by atoms with Gasteiger partial charge in [0.05, 0.1) is 0 Å². The highest BCUT2D eigenvalue weighted by Crippen LogP contribution is 2.43. The van der Waals surface area contributed by atoms with Gasteiger partial charge < -0.3 is 0 Å². The molecular formula is C33H60. The van der Waals surface area contributed by atoms with Gasteiger partial charge in [0.2, 0.25) is 0 Å². The molecule has 0 heteroatoms. The van der Waals surface area contributed by atoms with Gasteiger partial charge in [-0.1, -0.05) is 137 Å². The van der Waals surface area contributed by atoms with Crippen molar-refractivity contribution in [1.82, 2.24) is 0 Å². The molecule has 0 bridgehead atoms. The molecule has 3 atom stereocenters. The second-order valence-corrected chi connectivity index (χ2v) is 10.8. The molecule has 0 amide bonds. The molecule has 0 saturated heterocycles. The number of rotatable bonds is 21. The van der Waals surface area contributed by atoms with Gasteiger partial charge in [-0.2, -0.15) is 0 Å². The molecule has 0 nitrogen and oxygen atoms in total. The van der Waals surface area contributed by atoms with E-state index in [4.69, 9.17) is 0 Å². The highest BCUT2D eigenvalue weighted by Gasteiger charge is 2.26. The van der Waals surface area contributed by atoms with E-state index in [2.05, 4.69) is 59.7 Å². The maximum Gasteiger partial charge on any atom is -0.0156 e. The van der Waals surface area contributed by atoms with Crippen LogP contribution in [0.4, 0.5) is 0 Å². The van der Waals surface area contributed by atoms with Crippen LogP contribution in [-0.2, 0) is 0 Å². The first kappa shape index (κ1) is 30.3. The van der Waals surface area contributed by atoms with Crippen molar-refractivity contribution in [2.45, 2.75) is 175 Å². The fraction of sp³-hybridized carbons (Fsp3) is 0.818. The molecule has 3 unspecified atom stereocenters. The number of hydrogen-bond donors (Lipinski definition) is 0. The Bertz CT molecular complexity index is 533. The number of hydrogen-bond acceptors (Lipinski definition) is 0. The van der Waals surface area contributed by atoms with Gasteiger partial charge in [-0.3, -0.25) is 0 Å². The zero-order valence-electron chi connectivity index (χ0n) is 23.7. The second kappa shape index (κ2) is 19.5. The molecule has 0 N–H and O–H groups in total. The lowest BCUT2D eigenvalue weighted by atomic mass is 9.74. The smallest absolute Gasteiger partial charge is 0.0156 e. The largest absolute Gasteiger partial charge is 0.0654 e. The lowest BCUT2D eigenvalue weighted by Crippen LogP contribution is -2.14. The molecule has 0 radical (unpaired) electrons. The molecule has 0 heterocycles. The minimum absolute atomic E-state index is 0.764. The van der Waals surface area contributed by atoms with Crippen LogP contribution in [0.3, 0.4) is 0 Å². The van der Waals surface area contributed by atoms with Gasteiger partial charge in [0, 0.05) is 0 Å². The van der Waals surface area contributed by atoms with Gasteiger partial charge >= 0.3 is 0 Å². The van der Waals surface area contributed by atoms with Crippen LogP contribution in [0.2, 0.25) is 0 Å². The minimum Gasteiger partial charge on any atom is -0.0654 e. The lowest BCUT2D eigenvalue weighted by Gasteiger charge is -2.31. The topological polar surface area (TPSA) is 0 Å². The van der Waals surface area contributed by atoms with Crippen LogP contribution in [0.5, 0.6) is 0 Å². The fourth-order valence-electron chi connectivity index (χ4n) is 6.10. The van der Waals surface area contributed by atoms with Crippen LogP contribution in [0.25, 0.3) is 0 Å². The van der Waals surface area contributed by atoms with Crippen molar-refractivity contribution in [2.75, 3.05) is 0 Å². The predicted molar refractivity (Wildman–Crippen MR) is 152 cm³/mol. The van der Waals surface area contributed by atoms with E-state index in [0.29, 0.717) is 0 Å². The van der Waals surface area contributed by atoms with Crippen LogP contribution in [0, 0.1) is 0 Å². The summed E-state index contributed by atoms with van der Waals surface area (Å²) in [6, 6.07) is 7.56. The van der Waals surface area contributed by atoms with Crippen LogP contribution < -0.4 is 0 Å². The molecule has 33 heavy (non-hydrogen) atoms. The molecule has 0 aliphatic rings. The van der Waals surface area contributed by atoms with Gasteiger partial charge in [0.25, 0.3) is 0 Å². The summed E-state index contributed by atoms with van der Waals surface area (Å²) in [5, 5.41) is 0. The molecule has 0 aromatic heterocycles. The Morgan fingerprint density at radius 1 is 0.424 bits per heavy atom. The molecule has 0 spiro atoms. The van der Waals surface area contributed by atoms with E-state index in [0.717, 1.165) is 17.8 Å². The third kappa shape index (κ3) is 11.0. The minimum atomic E-state index is 0.764. The SMILES string of the molecule is CCCCCC(CCC)c1cccc(C(CCC)CCCCC)c1C(CCC)CCCCC. The molecule has 1 aromatic carbocycles. The van der Waals surface area contributed by atoms with Crippen molar-refractivity contribution in [2.24, 2.45) is 0 Å². The zero-order valence-corrected chi connectivity index (χ0v) is 23.7. The summed E-state index contributed by atoms with van der Waals surface area (Å²) in [6.07, 6.45) is 24.6. The Labute approximate surface area is 209 Å². The fourth-order valence-corrected chi connectivity index (χ4v) is 6.10. The van der Waals surface area contributed by atoms with Crippen molar-refractivity contribution >= 4 is 0 Å². The third-order valence-corrected chi connectivity index (χ3v) is 7.84. The summed E-state index contributed by atoms with van der Waals surface area (Å²) in [6.45, 7) is 14.2. The van der Waals surface area contributed by atoms with Crippen molar-refractivity contribution in [3.05, 3.63) is 34.9 Å². The van der Waals surface area contributed by atoms with Gasteiger partial charge in [-0.25, -0.2) is 0 Å². The first-order valence-electron chi connectivity index (χ1n) is 15.3. The van der Waals surface area contributed by atoms with Crippen molar-refractivity contribution in [3.63, 3.8) is 0 Å². The molecule has 1 rings (SSSR count). The normalized spacial score (nSPS) is 14.4. The molecule has 192 valence electrons. The monoisotopic (exact) mass is 456 g/mol. The summed E-state index contributed by atoms with van der Waals surface area (Å²) < 4.78 is 0. The predicted octanol–water partition coefficient (Wildman–Crippen LogP) is 12.1. The Kier molecular flexibility index (Phi) is 17.9. The maximum absolute atomic E-state index is 2.56. The van der Waals surface area contributed by atoms with Crippen molar-refractivity contribution in [3.8, 4) is 0 Å². The molecule has 0 aliphatic heterocycles. The Morgan fingerprint density at radius 2 is 0.788 bits per heavy atom. The second-order valence-electron chi connectivity index (χ2n) is 10.8. The van der Waals surface area contributed by atoms with Crippen LogP contribution in [0.1, 0.15) is 192 Å². The summed E-state index contributed by atoms with van der Waals surface area (Å²) in [5.41, 5.74) is 5.36. The van der Waals surface area contributed by atoms with Crippen LogP contribution >= 0.6 is 0 Å². The van der Waals surface area contributed by atoms with Crippen LogP contribution in [0.15, 0.2) is 18.2 Å². The molecule has 1 aromatic rings. The van der Waals surface area contributed by atoms with E-state index >= 15 is 0 Å². The van der Waals surface area contributed by atoms with E-state index in [9.17, 15) is 0 Å². The number of benzene rings is 1. The Hall–Kier alpha value is -0.780. The van der Waals surface area contributed by atoms with E-state index < -0.39 is 0 Å². The van der Waals surface area contributed by atoms with Crippen molar-refractivity contribution < 1.29 is 0 Å². The van der Waals surface area contributed by atoms with Crippen molar-refractivity contribution in [1.29, 1.82) is 0 Å². The summed E-state index contributed by atoms with van der Waals surface area (Å²) >= 11 is 0. The van der Waals surface area contributed by atoms with Gasteiger partial charge in [0.15, 0.2) is 0 Å². The maximum atomic E-state index is 2.56. The highest BCUT2D eigenvalue weighted by molar-refractivity contribution is 5.42. The first-order valence-corrected chi connectivity index (χ1v) is 15.3. The quantitative estimate of drug-likeness (QED) is 0.161. The van der Waals surface area contributed by atoms with E-state index in [1.165, 1.54) is 116 Å². The molecule has 0 saturated carbocycles. The third-order valence-electron chi connectivity index (χ3n) is 7.84. The van der Waals surface area contributed by atoms with E-state index in [1.54, 1.807) is 11.1 Å². The molecule has 0 aliphatic carbocycles. The summed E-state index contributed by atoms with van der Waals surface area (Å²) in [5.74, 6) is 2.30. The Morgan fingerprint density at radius 3 is 1.15 bits per heavy atom. The zero-order chi connectivity index (χ0) is 24.3. The molecule has 0 fully saturated rings. The standard InChI is InChI=1S/C33H60/c1-7-13-16-23-28(20-10-4)31-26-19-27-32(29(21-11-5)24-17-14-8-2)33(31)30(22-12-6)25-18-15-9-3/h19,26-30H,7-18,20-25H2,1-6H3.